The van der Waals surface area contributed by atoms with E-state index in [2.05, 4.69) is 54.5 Å². The fraction of sp³-hybridized carbons (Fsp3) is 0.312. The van der Waals surface area contributed by atoms with E-state index < -0.39 is 0 Å². The van der Waals surface area contributed by atoms with Crippen molar-refractivity contribution >= 4 is 0 Å². The van der Waals surface area contributed by atoms with Gasteiger partial charge in [-0.25, -0.2) is 0 Å². The van der Waals surface area contributed by atoms with Gasteiger partial charge in [0.05, 0.1) is 0 Å². The van der Waals surface area contributed by atoms with Crippen LogP contribution in [0.5, 0.6) is 0 Å². The fourth-order valence-corrected chi connectivity index (χ4v) is 2.09. The Morgan fingerprint density at radius 1 is 1.11 bits per heavy atom. The molecule has 0 radical (unpaired) electrons. The van der Waals surface area contributed by atoms with Crippen LogP contribution in [0.15, 0.2) is 48.8 Å². The molecular weight excluding hydrogens is 220 g/mol. The Labute approximate surface area is 109 Å². The van der Waals surface area contributed by atoms with Crippen LogP contribution in [-0.2, 0) is 6.42 Å². The van der Waals surface area contributed by atoms with Crippen LogP contribution in [0.4, 0.5) is 0 Å². The molecule has 1 heterocycles. The molecule has 2 rings (SSSR count). The minimum absolute atomic E-state index is 0.419. The molecule has 0 fully saturated rings. The minimum Gasteiger partial charge on any atom is -0.310 e. The van der Waals surface area contributed by atoms with E-state index in [0.29, 0.717) is 6.04 Å². The van der Waals surface area contributed by atoms with Crippen LogP contribution < -0.4 is 5.32 Å². The molecule has 1 unspecified atom stereocenters. The van der Waals surface area contributed by atoms with Crippen LogP contribution in [0.1, 0.15) is 36.6 Å². The first-order valence-electron chi connectivity index (χ1n) is 6.50. The number of hydrogen-bond acceptors (Lipinski definition) is 2. The van der Waals surface area contributed by atoms with Crippen LogP contribution in [0.2, 0.25) is 0 Å². The Morgan fingerprint density at radius 3 is 2.50 bits per heavy atom. The number of hydrogen-bond donors (Lipinski definition) is 1. The number of nitrogens with one attached hydrogen (secondary N) is 1. The molecule has 94 valence electrons. The lowest BCUT2D eigenvalue weighted by molar-refractivity contribution is 0.598. The second kappa shape index (κ2) is 6.31. The molecule has 2 nitrogen and oxygen atoms in total. The Balaban J connectivity index is 2.04. The van der Waals surface area contributed by atoms with Gasteiger partial charge < -0.3 is 5.32 Å². The van der Waals surface area contributed by atoms with Gasteiger partial charge in [0.1, 0.15) is 0 Å². The molecule has 0 saturated carbocycles. The molecule has 0 amide bonds. The molecule has 1 aromatic heterocycles. The summed E-state index contributed by atoms with van der Waals surface area (Å²) in [5.41, 5.74) is 3.92. The van der Waals surface area contributed by atoms with E-state index >= 15 is 0 Å². The lowest BCUT2D eigenvalue weighted by atomic mass is 10.0. The summed E-state index contributed by atoms with van der Waals surface area (Å²) in [6.45, 7) is 5.32. The molecule has 1 atom stereocenters. The number of nitrogens with zero attached hydrogens (tertiary/aromatic N) is 1. The maximum absolute atomic E-state index is 4.14. The largest absolute Gasteiger partial charge is 0.310 e. The smallest absolute Gasteiger partial charge is 0.0303 e. The molecule has 0 saturated heterocycles. The summed E-state index contributed by atoms with van der Waals surface area (Å²) in [4.78, 5) is 4.14. The summed E-state index contributed by atoms with van der Waals surface area (Å²) in [5, 5.41) is 3.42. The van der Waals surface area contributed by atoms with Gasteiger partial charge in [-0.05, 0) is 42.6 Å². The summed E-state index contributed by atoms with van der Waals surface area (Å²) in [6.07, 6.45) is 4.68. The zero-order chi connectivity index (χ0) is 12.8. The van der Waals surface area contributed by atoms with Crippen LogP contribution in [0.25, 0.3) is 0 Å². The summed E-state index contributed by atoms with van der Waals surface area (Å²) >= 11 is 0. The van der Waals surface area contributed by atoms with E-state index in [-0.39, 0.29) is 0 Å². The van der Waals surface area contributed by atoms with E-state index in [1.165, 1.54) is 16.7 Å². The van der Waals surface area contributed by atoms with Crippen LogP contribution in [0, 0.1) is 0 Å². The lowest BCUT2D eigenvalue weighted by Gasteiger charge is -2.13. The van der Waals surface area contributed by atoms with E-state index in [1.54, 1.807) is 0 Å². The molecule has 2 heteroatoms. The highest BCUT2D eigenvalue weighted by Gasteiger charge is 2.03. The first kappa shape index (κ1) is 12.8. The summed E-state index contributed by atoms with van der Waals surface area (Å²) in [5.74, 6) is 0. The normalized spacial score (nSPS) is 12.3. The van der Waals surface area contributed by atoms with E-state index in [0.717, 1.165) is 13.0 Å². The maximum Gasteiger partial charge on any atom is 0.0303 e. The lowest BCUT2D eigenvalue weighted by Crippen LogP contribution is -2.17. The van der Waals surface area contributed by atoms with Crippen molar-refractivity contribution < 1.29 is 0 Å². The molecule has 1 aromatic carbocycles. The van der Waals surface area contributed by atoms with Gasteiger partial charge in [0, 0.05) is 18.4 Å². The second-order valence-corrected chi connectivity index (χ2v) is 4.56. The summed E-state index contributed by atoms with van der Waals surface area (Å²) in [7, 11) is 0. The molecular formula is C16H20N2. The summed E-state index contributed by atoms with van der Waals surface area (Å²) < 4.78 is 0. The molecule has 0 spiro atoms. The van der Waals surface area contributed by atoms with Gasteiger partial charge in [-0.3, -0.25) is 4.98 Å². The average Bonchev–Trinajstić information content (AvgIpc) is 2.41. The van der Waals surface area contributed by atoms with Crippen molar-refractivity contribution in [3.63, 3.8) is 0 Å². The topological polar surface area (TPSA) is 24.9 Å². The third kappa shape index (κ3) is 3.41. The van der Waals surface area contributed by atoms with Crippen LogP contribution in [-0.4, -0.2) is 11.5 Å². The van der Waals surface area contributed by atoms with Crippen molar-refractivity contribution in [3.8, 4) is 0 Å². The summed E-state index contributed by atoms with van der Waals surface area (Å²) in [6, 6.07) is 13.3. The number of aromatic nitrogens is 1. The van der Waals surface area contributed by atoms with Crippen molar-refractivity contribution in [1.29, 1.82) is 0 Å². The van der Waals surface area contributed by atoms with E-state index in [9.17, 15) is 0 Å². The third-order valence-corrected chi connectivity index (χ3v) is 3.12. The van der Waals surface area contributed by atoms with Gasteiger partial charge in [-0.15, -0.1) is 0 Å². The van der Waals surface area contributed by atoms with Crippen LogP contribution in [0.3, 0.4) is 0 Å². The Morgan fingerprint density at radius 2 is 1.89 bits per heavy atom. The highest BCUT2D eigenvalue weighted by atomic mass is 14.9. The molecule has 0 bridgehead atoms. The molecule has 0 aliphatic rings. The van der Waals surface area contributed by atoms with Gasteiger partial charge in [-0.2, -0.15) is 0 Å². The standard InChI is InChI=1S/C16H20N2/c1-3-18-13(2)16-8-6-14(7-9-16)11-15-5-4-10-17-12-15/h4-10,12-13,18H,3,11H2,1-2H3. The van der Waals surface area contributed by atoms with Gasteiger partial charge in [0.15, 0.2) is 0 Å². The van der Waals surface area contributed by atoms with Crippen molar-refractivity contribution in [2.24, 2.45) is 0 Å². The Bertz CT molecular complexity index is 462. The SMILES string of the molecule is CCNC(C)c1ccc(Cc2cccnc2)cc1. The zero-order valence-corrected chi connectivity index (χ0v) is 11.1. The third-order valence-electron chi connectivity index (χ3n) is 3.12. The van der Waals surface area contributed by atoms with Crippen molar-refractivity contribution in [2.45, 2.75) is 26.3 Å². The van der Waals surface area contributed by atoms with Gasteiger partial charge >= 0.3 is 0 Å². The van der Waals surface area contributed by atoms with E-state index in [1.807, 2.05) is 18.5 Å². The average molecular weight is 240 g/mol. The monoisotopic (exact) mass is 240 g/mol. The number of benzene rings is 1. The maximum atomic E-state index is 4.14. The Kier molecular flexibility index (Phi) is 4.48. The highest BCUT2D eigenvalue weighted by Crippen LogP contribution is 2.15. The van der Waals surface area contributed by atoms with Crippen LogP contribution >= 0.6 is 0 Å². The van der Waals surface area contributed by atoms with Crippen molar-refractivity contribution in [2.75, 3.05) is 6.54 Å². The molecule has 1 N–H and O–H groups in total. The first-order valence-corrected chi connectivity index (χ1v) is 6.50. The molecule has 18 heavy (non-hydrogen) atoms. The Hall–Kier alpha value is -1.67. The minimum atomic E-state index is 0.419. The zero-order valence-electron chi connectivity index (χ0n) is 11.1. The quantitative estimate of drug-likeness (QED) is 0.867. The molecule has 0 aliphatic heterocycles. The molecule has 0 aliphatic carbocycles. The predicted octanol–water partition coefficient (Wildman–Crippen LogP) is 3.34. The van der Waals surface area contributed by atoms with Crippen molar-refractivity contribution in [1.82, 2.24) is 10.3 Å². The van der Waals surface area contributed by atoms with E-state index in [4.69, 9.17) is 0 Å². The van der Waals surface area contributed by atoms with Gasteiger partial charge in [0.2, 0.25) is 0 Å². The molecule has 2 aromatic rings. The predicted molar refractivity (Wildman–Crippen MR) is 75.6 cm³/mol. The first-order chi connectivity index (χ1) is 8.79. The fourth-order valence-electron chi connectivity index (χ4n) is 2.09. The van der Waals surface area contributed by atoms with Gasteiger partial charge in [-0.1, -0.05) is 37.3 Å². The number of pyridine rings is 1. The highest BCUT2D eigenvalue weighted by molar-refractivity contribution is 5.28. The van der Waals surface area contributed by atoms with Crippen molar-refractivity contribution in [3.05, 3.63) is 65.5 Å². The van der Waals surface area contributed by atoms with Gasteiger partial charge in [0.25, 0.3) is 0 Å². The second-order valence-electron chi connectivity index (χ2n) is 4.56. The number of rotatable bonds is 5.